The number of ether oxygens (including phenoxy) is 1. The highest BCUT2D eigenvalue weighted by Gasteiger charge is 2.30. The number of hydrogen-bond acceptors (Lipinski definition) is 7. The van der Waals surface area contributed by atoms with Gasteiger partial charge in [-0.3, -0.25) is 9.69 Å². The van der Waals surface area contributed by atoms with Crippen molar-refractivity contribution in [1.29, 1.82) is 5.41 Å². The molecule has 8 heteroatoms. The summed E-state index contributed by atoms with van der Waals surface area (Å²) in [6.07, 6.45) is 4.66. The third-order valence-corrected chi connectivity index (χ3v) is 6.36. The van der Waals surface area contributed by atoms with Crippen molar-refractivity contribution in [1.82, 2.24) is 9.80 Å². The van der Waals surface area contributed by atoms with E-state index in [-0.39, 0.29) is 17.8 Å². The summed E-state index contributed by atoms with van der Waals surface area (Å²) in [7, 11) is 0. The van der Waals surface area contributed by atoms with Crippen molar-refractivity contribution < 1.29 is 14.6 Å². The minimum absolute atomic E-state index is 0.0235. The van der Waals surface area contributed by atoms with Crippen LogP contribution in [0.4, 0.5) is 11.4 Å². The van der Waals surface area contributed by atoms with Crippen molar-refractivity contribution in [2.45, 2.75) is 58.8 Å². The van der Waals surface area contributed by atoms with E-state index in [1.54, 1.807) is 6.07 Å². The fourth-order valence-corrected chi connectivity index (χ4v) is 4.32. The number of nitrogens with one attached hydrogen (secondary N) is 2. The fraction of sp³-hybridized carbons (Fsp3) is 0.583. The second kappa shape index (κ2) is 10.8. The van der Waals surface area contributed by atoms with Gasteiger partial charge in [-0.15, -0.1) is 0 Å². The van der Waals surface area contributed by atoms with Crippen molar-refractivity contribution in [2.24, 2.45) is 5.92 Å². The van der Waals surface area contributed by atoms with E-state index in [1.165, 1.54) is 6.21 Å². The van der Waals surface area contributed by atoms with Gasteiger partial charge < -0.3 is 31.2 Å². The van der Waals surface area contributed by atoms with E-state index in [9.17, 15) is 9.90 Å². The number of aliphatic hydroxyl groups is 1. The van der Waals surface area contributed by atoms with Gasteiger partial charge in [-0.2, -0.15) is 0 Å². The molecule has 2 fully saturated rings. The largest absolute Gasteiger partial charge is 0.483 e. The number of carbonyl (C=O) groups excluding carboxylic acids is 1. The molecule has 1 aliphatic heterocycles. The summed E-state index contributed by atoms with van der Waals surface area (Å²) in [4.78, 5) is 17.4. The molecule has 0 bridgehead atoms. The molecule has 1 saturated heterocycles. The maximum atomic E-state index is 13.3. The van der Waals surface area contributed by atoms with Gasteiger partial charge in [0.2, 0.25) is 5.76 Å². The van der Waals surface area contributed by atoms with Crippen molar-refractivity contribution >= 4 is 23.5 Å². The molecular weight excluding hydrogens is 406 g/mol. The zero-order valence-electron chi connectivity index (χ0n) is 19.4. The van der Waals surface area contributed by atoms with Gasteiger partial charge in [-0.1, -0.05) is 26.0 Å². The standard InChI is InChI=1S/C24H37N5O3/c1-16(2)24(31)29-13-11-28(12-14-29)20(15-25)22(32-18-8-4-5-9-18)23(30)27-19-10-6-7-17(3)21(19)26/h6-7,10,15-16,18,24-25,31H,4-5,8-9,11-14,26H2,1-3H3,(H,27,30)/b22-20-,25-15?. The SMILES string of the molecule is Cc1cccc(NC(=O)/C(OC2CCCC2)=C(\C=N)N2CCN(C(O)C(C)C)CC2)c1N. The van der Waals surface area contributed by atoms with E-state index in [0.717, 1.165) is 31.2 Å². The van der Waals surface area contributed by atoms with E-state index in [4.69, 9.17) is 15.9 Å². The first-order valence-electron chi connectivity index (χ1n) is 11.6. The van der Waals surface area contributed by atoms with Crippen LogP contribution >= 0.6 is 0 Å². The van der Waals surface area contributed by atoms with Crippen molar-refractivity contribution in [2.75, 3.05) is 37.2 Å². The third-order valence-electron chi connectivity index (χ3n) is 6.36. The molecule has 176 valence electrons. The first-order valence-corrected chi connectivity index (χ1v) is 11.6. The predicted octanol–water partition coefficient (Wildman–Crippen LogP) is 2.93. The van der Waals surface area contributed by atoms with Crippen LogP contribution in [0, 0.1) is 18.3 Å². The van der Waals surface area contributed by atoms with Gasteiger partial charge in [-0.25, -0.2) is 0 Å². The Morgan fingerprint density at radius 1 is 1.25 bits per heavy atom. The van der Waals surface area contributed by atoms with Crippen LogP contribution in [0.1, 0.15) is 45.1 Å². The number of aryl methyl sites for hydroxylation is 1. The Bertz CT molecular complexity index is 840. The maximum absolute atomic E-state index is 13.3. The molecule has 1 heterocycles. The van der Waals surface area contributed by atoms with Gasteiger partial charge >= 0.3 is 0 Å². The summed E-state index contributed by atoms with van der Waals surface area (Å²) in [6, 6.07) is 5.51. The van der Waals surface area contributed by atoms with Crippen LogP contribution < -0.4 is 11.1 Å². The van der Waals surface area contributed by atoms with E-state index >= 15 is 0 Å². The predicted molar refractivity (Wildman–Crippen MR) is 127 cm³/mol. The number of nitrogens with zero attached hydrogens (tertiary/aromatic N) is 2. The quantitative estimate of drug-likeness (QED) is 0.213. The molecule has 1 aromatic carbocycles. The summed E-state index contributed by atoms with van der Waals surface area (Å²) >= 11 is 0. The molecule has 1 saturated carbocycles. The van der Waals surface area contributed by atoms with Crippen molar-refractivity contribution in [3.05, 3.63) is 35.2 Å². The molecule has 1 aromatic rings. The third kappa shape index (κ3) is 5.61. The van der Waals surface area contributed by atoms with Gasteiger partial charge in [0.1, 0.15) is 11.9 Å². The summed E-state index contributed by atoms with van der Waals surface area (Å²) in [5.74, 6) is -0.0749. The zero-order chi connectivity index (χ0) is 23.3. The molecule has 1 unspecified atom stereocenters. The topological polar surface area (TPSA) is 115 Å². The monoisotopic (exact) mass is 443 g/mol. The molecule has 2 aliphatic rings. The van der Waals surface area contributed by atoms with Gasteiger partial charge in [0, 0.05) is 32.4 Å². The van der Waals surface area contributed by atoms with Gasteiger partial charge in [0.05, 0.1) is 17.5 Å². The van der Waals surface area contributed by atoms with Gasteiger partial charge in [0.15, 0.2) is 0 Å². The summed E-state index contributed by atoms with van der Waals surface area (Å²) < 4.78 is 6.21. The number of anilines is 2. The van der Waals surface area contributed by atoms with Crippen LogP contribution in [0.5, 0.6) is 0 Å². The highest BCUT2D eigenvalue weighted by molar-refractivity contribution is 6.07. The van der Waals surface area contributed by atoms with Gasteiger partial charge in [0.25, 0.3) is 5.91 Å². The molecule has 1 amide bonds. The number of allylic oxidation sites excluding steroid dienone is 1. The molecule has 1 atom stereocenters. The lowest BCUT2D eigenvalue weighted by Gasteiger charge is -2.40. The number of aliphatic hydroxyl groups excluding tert-OH is 1. The summed E-state index contributed by atoms with van der Waals surface area (Å²) in [6.45, 7) is 8.39. The lowest BCUT2D eigenvalue weighted by molar-refractivity contribution is -0.117. The number of amides is 1. The lowest BCUT2D eigenvalue weighted by atomic mass is 10.1. The number of nitrogen functional groups attached to an aromatic ring is 1. The highest BCUT2D eigenvalue weighted by Crippen LogP contribution is 2.28. The number of para-hydroxylation sites is 1. The van der Waals surface area contributed by atoms with Crippen LogP contribution in [0.25, 0.3) is 0 Å². The van der Waals surface area contributed by atoms with Crippen molar-refractivity contribution in [3.63, 3.8) is 0 Å². The normalized spacial score (nSPS) is 19.6. The second-order valence-electron chi connectivity index (χ2n) is 9.05. The average Bonchev–Trinajstić information content (AvgIpc) is 3.30. The molecule has 8 nitrogen and oxygen atoms in total. The van der Waals surface area contributed by atoms with E-state index in [0.29, 0.717) is 43.3 Å². The minimum atomic E-state index is -0.494. The van der Waals surface area contributed by atoms with Crippen molar-refractivity contribution in [3.8, 4) is 0 Å². The summed E-state index contributed by atoms with van der Waals surface area (Å²) in [5.41, 5.74) is 8.58. The van der Waals surface area contributed by atoms with Crippen LogP contribution in [-0.4, -0.2) is 65.5 Å². The molecule has 0 aromatic heterocycles. The molecule has 32 heavy (non-hydrogen) atoms. The van der Waals surface area contributed by atoms with Crippen LogP contribution in [0.3, 0.4) is 0 Å². The Morgan fingerprint density at radius 2 is 1.91 bits per heavy atom. The van der Waals surface area contributed by atoms with Gasteiger partial charge in [-0.05, 0) is 50.2 Å². The Hall–Kier alpha value is -2.58. The minimum Gasteiger partial charge on any atom is -0.483 e. The summed E-state index contributed by atoms with van der Waals surface area (Å²) in [5, 5.41) is 21.4. The van der Waals surface area contributed by atoms with Crippen LogP contribution in [0.15, 0.2) is 29.7 Å². The lowest BCUT2D eigenvalue weighted by Crippen LogP contribution is -2.51. The number of hydrogen-bond donors (Lipinski definition) is 4. The fourth-order valence-electron chi connectivity index (χ4n) is 4.32. The molecular formula is C24H37N5O3. The first-order chi connectivity index (χ1) is 15.3. The Morgan fingerprint density at radius 3 is 2.50 bits per heavy atom. The molecule has 5 N–H and O–H groups in total. The molecule has 3 rings (SSSR count). The van der Waals surface area contributed by atoms with E-state index in [1.807, 2.05) is 42.7 Å². The number of carbonyl (C=O) groups is 1. The number of rotatable bonds is 8. The average molecular weight is 444 g/mol. The smallest absolute Gasteiger partial charge is 0.293 e. The molecule has 0 spiro atoms. The van der Waals surface area contributed by atoms with Crippen LogP contribution in [0.2, 0.25) is 0 Å². The number of nitrogens with two attached hydrogens (primary N) is 1. The highest BCUT2D eigenvalue weighted by atomic mass is 16.5. The van der Waals surface area contributed by atoms with E-state index in [2.05, 4.69) is 5.32 Å². The maximum Gasteiger partial charge on any atom is 0.293 e. The molecule has 0 radical (unpaired) electrons. The number of benzene rings is 1. The Labute approximate surface area is 190 Å². The Kier molecular flexibility index (Phi) is 8.15. The van der Waals surface area contributed by atoms with Crippen LogP contribution in [-0.2, 0) is 9.53 Å². The van der Waals surface area contributed by atoms with E-state index < -0.39 is 12.1 Å². The zero-order valence-corrected chi connectivity index (χ0v) is 19.4. The molecule has 1 aliphatic carbocycles. The number of piperazine rings is 1. The Balaban J connectivity index is 1.84. The second-order valence-corrected chi connectivity index (χ2v) is 9.05. The first kappa shape index (κ1) is 24.1.